The van der Waals surface area contributed by atoms with E-state index in [0.717, 1.165) is 12.3 Å². The van der Waals surface area contributed by atoms with E-state index in [9.17, 15) is 5.11 Å². The Hall–Kier alpha value is -1.34. The molecule has 3 aliphatic carbocycles. The lowest BCUT2D eigenvalue weighted by Gasteiger charge is -2.61. The summed E-state index contributed by atoms with van der Waals surface area (Å²) in [7, 11) is 0. The van der Waals surface area contributed by atoms with Crippen LogP contribution in [0.5, 0.6) is 0 Å². The smallest absolute Gasteiger partial charge is 0.0605 e. The second-order valence-electron chi connectivity index (χ2n) is 7.69. The van der Waals surface area contributed by atoms with E-state index < -0.39 is 0 Å². The van der Waals surface area contributed by atoms with Gasteiger partial charge in [-0.2, -0.15) is 0 Å². The van der Waals surface area contributed by atoms with Crippen LogP contribution < -0.4 is 0 Å². The van der Waals surface area contributed by atoms with Crippen LogP contribution >= 0.6 is 0 Å². The van der Waals surface area contributed by atoms with E-state index in [1.54, 1.807) is 0 Å². The summed E-state index contributed by atoms with van der Waals surface area (Å²) in [6, 6.07) is 15.2. The van der Waals surface area contributed by atoms with Gasteiger partial charge in [-0.3, -0.25) is 0 Å². The van der Waals surface area contributed by atoms with Gasteiger partial charge in [0.25, 0.3) is 0 Å². The molecule has 0 aromatic heterocycles. The molecule has 3 fully saturated rings. The molecule has 5 rings (SSSR count). The lowest BCUT2D eigenvalue weighted by Crippen LogP contribution is -2.58. The summed E-state index contributed by atoms with van der Waals surface area (Å²) in [5.74, 6) is 1.76. The molecule has 1 heteroatoms. The second kappa shape index (κ2) is 4.58. The number of benzene rings is 2. The number of hydrogen-bond donors (Lipinski definition) is 1. The van der Waals surface area contributed by atoms with E-state index in [2.05, 4.69) is 56.3 Å². The van der Waals surface area contributed by atoms with Crippen molar-refractivity contribution in [3.05, 3.63) is 48.0 Å². The first-order chi connectivity index (χ1) is 10.1. The van der Waals surface area contributed by atoms with Crippen LogP contribution in [-0.4, -0.2) is 11.2 Å². The van der Waals surface area contributed by atoms with Gasteiger partial charge in [-0.25, -0.2) is 0 Å². The summed E-state index contributed by atoms with van der Waals surface area (Å²) in [5.41, 5.74) is 1.76. The summed E-state index contributed by atoms with van der Waals surface area (Å²) in [5, 5.41) is 13.4. The van der Waals surface area contributed by atoms with Crippen LogP contribution in [0, 0.1) is 23.2 Å². The van der Waals surface area contributed by atoms with Crippen LogP contribution in [0.4, 0.5) is 0 Å². The van der Waals surface area contributed by atoms with Crippen LogP contribution in [0.25, 0.3) is 10.8 Å². The van der Waals surface area contributed by atoms with Gasteiger partial charge in [-0.15, -0.1) is 0 Å². The molecular weight excluding hydrogens is 256 g/mol. The zero-order chi connectivity index (χ0) is 14.6. The summed E-state index contributed by atoms with van der Waals surface area (Å²) < 4.78 is 0. The molecule has 3 aliphatic rings. The molecule has 0 radical (unpaired) electrons. The third-order valence-electron chi connectivity index (χ3n) is 6.39. The largest absolute Gasteiger partial charge is 0.393 e. The number of rotatable bonds is 2. The maximum Gasteiger partial charge on any atom is 0.0605 e. The van der Waals surface area contributed by atoms with Gasteiger partial charge in [0, 0.05) is 0 Å². The Morgan fingerprint density at radius 1 is 1.05 bits per heavy atom. The maximum atomic E-state index is 10.7. The molecule has 2 aromatic rings. The van der Waals surface area contributed by atoms with Crippen LogP contribution in [0.3, 0.4) is 0 Å². The minimum Gasteiger partial charge on any atom is -0.393 e. The highest BCUT2D eigenvalue weighted by Gasteiger charge is 2.57. The minimum atomic E-state index is -0.121. The van der Waals surface area contributed by atoms with E-state index in [1.807, 2.05) is 0 Å². The number of aliphatic hydroxyl groups is 1. The standard InChI is InChI=1S/C20H24O/c1-20(2)16-11-15(19(21)18(20)12-16)10-14-8-5-7-13-6-3-4-9-17(13)14/h3-9,15-16,18-19,21H,10-12H2,1-2H3/t15-,16-,18-,19-/m0/s1. The summed E-state index contributed by atoms with van der Waals surface area (Å²) in [6.07, 6.45) is 3.32. The average Bonchev–Trinajstić information content (AvgIpc) is 2.49. The predicted molar refractivity (Wildman–Crippen MR) is 87.1 cm³/mol. The van der Waals surface area contributed by atoms with Crippen LogP contribution in [0.2, 0.25) is 0 Å². The molecular formula is C20H24O. The SMILES string of the molecule is CC1(C)[C@H]2C[C@H](Cc3cccc4ccccc34)[C@H](O)[C@@H]1C2. The molecule has 2 bridgehead atoms. The Morgan fingerprint density at radius 3 is 2.57 bits per heavy atom. The fraction of sp³-hybridized carbons (Fsp3) is 0.500. The van der Waals surface area contributed by atoms with E-state index in [1.165, 1.54) is 29.2 Å². The van der Waals surface area contributed by atoms with Crippen molar-refractivity contribution in [2.45, 2.75) is 39.2 Å². The van der Waals surface area contributed by atoms with Crippen molar-refractivity contribution in [1.82, 2.24) is 0 Å². The number of aliphatic hydroxyl groups excluding tert-OH is 1. The monoisotopic (exact) mass is 280 g/mol. The summed E-state index contributed by atoms with van der Waals surface area (Å²) in [4.78, 5) is 0. The van der Waals surface area contributed by atoms with Crippen LogP contribution in [0.15, 0.2) is 42.5 Å². The van der Waals surface area contributed by atoms with Gasteiger partial charge >= 0.3 is 0 Å². The summed E-state index contributed by atoms with van der Waals surface area (Å²) in [6.45, 7) is 4.67. The molecule has 0 unspecified atom stereocenters. The lowest BCUT2D eigenvalue weighted by molar-refractivity contribution is -0.169. The Balaban J connectivity index is 1.62. The van der Waals surface area contributed by atoms with Gasteiger partial charge in [0.1, 0.15) is 0 Å². The van der Waals surface area contributed by atoms with Crippen LogP contribution in [0.1, 0.15) is 32.3 Å². The van der Waals surface area contributed by atoms with E-state index in [-0.39, 0.29) is 6.10 Å². The number of hydrogen-bond acceptors (Lipinski definition) is 1. The third-order valence-corrected chi connectivity index (χ3v) is 6.39. The molecule has 1 N–H and O–H groups in total. The first-order valence-corrected chi connectivity index (χ1v) is 8.22. The highest BCUT2D eigenvalue weighted by Crippen LogP contribution is 2.61. The molecule has 0 saturated heterocycles. The number of fused-ring (bicyclic) bond motifs is 3. The predicted octanol–water partition coefficient (Wildman–Crippen LogP) is 4.43. The van der Waals surface area contributed by atoms with Crippen molar-refractivity contribution in [3.8, 4) is 0 Å². The zero-order valence-corrected chi connectivity index (χ0v) is 12.9. The molecule has 21 heavy (non-hydrogen) atoms. The minimum absolute atomic E-state index is 0.121. The molecule has 0 spiro atoms. The molecule has 4 atom stereocenters. The molecule has 1 nitrogen and oxygen atoms in total. The quantitative estimate of drug-likeness (QED) is 0.863. The second-order valence-corrected chi connectivity index (χ2v) is 7.69. The van der Waals surface area contributed by atoms with Gasteiger partial charge in [0.2, 0.25) is 0 Å². The topological polar surface area (TPSA) is 20.2 Å². The maximum absolute atomic E-state index is 10.7. The fourth-order valence-corrected chi connectivity index (χ4v) is 4.83. The van der Waals surface area contributed by atoms with Gasteiger partial charge in [-0.05, 0) is 58.8 Å². The molecule has 110 valence electrons. The van der Waals surface area contributed by atoms with Crippen molar-refractivity contribution >= 4 is 10.8 Å². The van der Waals surface area contributed by atoms with Crippen molar-refractivity contribution in [2.75, 3.05) is 0 Å². The van der Waals surface area contributed by atoms with Crippen molar-refractivity contribution < 1.29 is 5.11 Å². The molecule has 3 saturated carbocycles. The van der Waals surface area contributed by atoms with Crippen molar-refractivity contribution in [3.63, 3.8) is 0 Å². The van der Waals surface area contributed by atoms with E-state index in [4.69, 9.17) is 0 Å². The van der Waals surface area contributed by atoms with Crippen molar-refractivity contribution in [2.24, 2.45) is 23.2 Å². The molecule has 0 amide bonds. The van der Waals surface area contributed by atoms with Gasteiger partial charge in [0.15, 0.2) is 0 Å². The Morgan fingerprint density at radius 2 is 1.81 bits per heavy atom. The Kier molecular flexibility index (Phi) is 2.91. The van der Waals surface area contributed by atoms with E-state index in [0.29, 0.717) is 17.3 Å². The normalized spacial score (nSPS) is 33.7. The van der Waals surface area contributed by atoms with Crippen LogP contribution in [-0.2, 0) is 6.42 Å². The molecule has 0 heterocycles. The first kappa shape index (κ1) is 13.3. The van der Waals surface area contributed by atoms with Gasteiger partial charge < -0.3 is 5.11 Å². The van der Waals surface area contributed by atoms with Gasteiger partial charge in [0.05, 0.1) is 6.10 Å². The third kappa shape index (κ3) is 1.94. The van der Waals surface area contributed by atoms with Crippen molar-refractivity contribution in [1.29, 1.82) is 0 Å². The fourth-order valence-electron chi connectivity index (χ4n) is 4.83. The zero-order valence-electron chi connectivity index (χ0n) is 12.9. The highest BCUT2D eigenvalue weighted by atomic mass is 16.3. The molecule has 0 aliphatic heterocycles. The highest BCUT2D eigenvalue weighted by molar-refractivity contribution is 5.85. The summed E-state index contributed by atoms with van der Waals surface area (Å²) >= 11 is 0. The first-order valence-electron chi connectivity index (χ1n) is 8.22. The van der Waals surface area contributed by atoms with Gasteiger partial charge in [-0.1, -0.05) is 56.3 Å². The average molecular weight is 280 g/mol. The Labute approximate surface area is 127 Å². The van der Waals surface area contributed by atoms with E-state index >= 15 is 0 Å². The lowest BCUT2D eigenvalue weighted by atomic mass is 9.45. The Bertz CT molecular complexity index is 667. The molecule has 2 aromatic carbocycles.